The minimum Gasteiger partial charge on any atom is -0.475 e. The number of thiazole rings is 1. The molecule has 0 atom stereocenters. The van der Waals surface area contributed by atoms with E-state index in [1.54, 1.807) is 30.5 Å². The first-order chi connectivity index (χ1) is 12.8. The Bertz CT molecular complexity index is 1090. The Morgan fingerprint density at radius 1 is 1.33 bits per heavy atom. The molecule has 0 fully saturated rings. The summed E-state index contributed by atoms with van der Waals surface area (Å²) >= 11 is 7.15. The van der Waals surface area contributed by atoms with E-state index in [-0.39, 0.29) is 15.8 Å². The van der Waals surface area contributed by atoms with Crippen LogP contribution < -0.4 is 4.72 Å². The first kappa shape index (κ1) is 19.4. The van der Waals surface area contributed by atoms with E-state index in [1.165, 1.54) is 12.3 Å². The lowest BCUT2D eigenvalue weighted by Crippen LogP contribution is -2.14. The summed E-state index contributed by atoms with van der Waals surface area (Å²) in [5.41, 5.74) is 1.68. The van der Waals surface area contributed by atoms with Gasteiger partial charge in [0.15, 0.2) is 5.13 Å². The van der Waals surface area contributed by atoms with E-state index >= 15 is 0 Å². The van der Waals surface area contributed by atoms with E-state index in [0.717, 1.165) is 11.3 Å². The number of rotatable bonds is 7. The van der Waals surface area contributed by atoms with Gasteiger partial charge in [-0.25, -0.2) is 18.2 Å². The van der Waals surface area contributed by atoms with Crippen LogP contribution in [0.4, 0.5) is 5.13 Å². The number of carboxylic acid groups (broad SMARTS) is 1. The Hall–Kier alpha value is -2.36. The van der Waals surface area contributed by atoms with Gasteiger partial charge in [0.05, 0.1) is 16.9 Å². The topological polar surface area (TPSA) is 110 Å². The molecule has 27 heavy (non-hydrogen) atoms. The molecule has 2 aromatic heterocycles. The summed E-state index contributed by atoms with van der Waals surface area (Å²) < 4.78 is 32.5. The molecular formula is C17H15ClN2O5S2. The number of hydrogen-bond acceptors (Lipinski definition) is 6. The summed E-state index contributed by atoms with van der Waals surface area (Å²) in [5, 5.41) is 11.4. The lowest BCUT2D eigenvalue weighted by Gasteiger charge is -2.09. The molecule has 0 aliphatic rings. The predicted octanol–water partition coefficient (Wildman–Crippen LogP) is 3.98. The lowest BCUT2D eigenvalue weighted by atomic mass is 10.1. The molecule has 1 aromatic carbocycles. The van der Waals surface area contributed by atoms with Crippen molar-refractivity contribution in [3.05, 3.63) is 63.5 Å². The SMILES string of the molecule is Cc1c(Cl)cccc1S(=O)(=O)Nc1nc(CCc2ccoc2C(=O)O)cs1. The molecule has 10 heteroatoms. The molecule has 142 valence electrons. The number of hydrogen-bond donors (Lipinski definition) is 2. The molecule has 0 spiro atoms. The minimum absolute atomic E-state index is 0.0937. The van der Waals surface area contributed by atoms with Crippen molar-refractivity contribution in [3.8, 4) is 0 Å². The molecule has 7 nitrogen and oxygen atoms in total. The highest BCUT2D eigenvalue weighted by atomic mass is 35.5. The average Bonchev–Trinajstić information content (AvgIpc) is 3.24. The van der Waals surface area contributed by atoms with Crippen molar-refractivity contribution >= 4 is 44.1 Å². The van der Waals surface area contributed by atoms with E-state index in [2.05, 4.69) is 9.71 Å². The third-order valence-electron chi connectivity index (χ3n) is 3.87. The highest BCUT2D eigenvalue weighted by Gasteiger charge is 2.20. The van der Waals surface area contributed by atoms with Crippen LogP contribution in [-0.4, -0.2) is 24.5 Å². The van der Waals surface area contributed by atoms with Crippen LogP contribution in [0.1, 0.15) is 27.4 Å². The molecule has 0 aliphatic carbocycles. The Labute approximate surface area is 164 Å². The number of furan rings is 1. The molecular weight excluding hydrogens is 412 g/mol. The number of benzene rings is 1. The van der Waals surface area contributed by atoms with Gasteiger partial charge in [-0.15, -0.1) is 11.3 Å². The van der Waals surface area contributed by atoms with Crippen LogP contribution >= 0.6 is 22.9 Å². The highest BCUT2D eigenvalue weighted by molar-refractivity contribution is 7.93. The van der Waals surface area contributed by atoms with Crippen LogP contribution in [0.5, 0.6) is 0 Å². The molecule has 0 radical (unpaired) electrons. The third-order valence-corrected chi connectivity index (χ3v) is 6.70. The Kier molecular flexibility index (Phi) is 5.54. The van der Waals surface area contributed by atoms with E-state index in [1.807, 2.05) is 0 Å². The molecule has 3 aromatic rings. The number of aromatic carboxylic acids is 1. The second kappa shape index (κ2) is 7.71. The monoisotopic (exact) mass is 426 g/mol. The van der Waals surface area contributed by atoms with Crippen molar-refractivity contribution in [3.63, 3.8) is 0 Å². The van der Waals surface area contributed by atoms with Gasteiger partial charge in [0.25, 0.3) is 10.0 Å². The first-order valence-electron chi connectivity index (χ1n) is 7.80. The Balaban J connectivity index is 1.71. The predicted molar refractivity (Wildman–Crippen MR) is 102 cm³/mol. The summed E-state index contributed by atoms with van der Waals surface area (Å²) in [5.74, 6) is -1.22. The number of anilines is 1. The van der Waals surface area contributed by atoms with E-state index < -0.39 is 16.0 Å². The number of carbonyl (C=O) groups is 1. The number of nitrogens with one attached hydrogen (secondary N) is 1. The van der Waals surface area contributed by atoms with Crippen molar-refractivity contribution in [1.29, 1.82) is 0 Å². The van der Waals surface area contributed by atoms with Crippen molar-refractivity contribution < 1.29 is 22.7 Å². The molecule has 0 saturated carbocycles. The molecule has 0 bridgehead atoms. The summed E-state index contributed by atoms with van der Waals surface area (Å²) in [6, 6.07) is 6.27. The van der Waals surface area contributed by atoms with Crippen molar-refractivity contribution in [2.75, 3.05) is 4.72 Å². The zero-order valence-electron chi connectivity index (χ0n) is 14.1. The maximum Gasteiger partial charge on any atom is 0.372 e. The fraction of sp³-hybridized carbons (Fsp3) is 0.176. The van der Waals surface area contributed by atoms with Crippen LogP contribution in [-0.2, 0) is 22.9 Å². The maximum atomic E-state index is 12.6. The number of nitrogens with zero attached hydrogens (tertiary/aromatic N) is 1. The largest absolute Gasteiger partial charge is 0.475 e. The summed E-state index contributed by atoms with van der Waals surface area (Å²) in [6.07, 6.45) is 2.20. The van der Waals surface area contributed by atoms with Gasteiger partial charge in [0.2, 0.25) is 5.76 Å². The van der Waals surface area contributed by atoms with Crippen LogP contribution in [0.3, 0.4) is 0 Å². The fourth-order valence-corrected chi connectivity index (χ4v) is 5.00. The molecule has 2 heterocycles. The van der Waals surface area contributed by atoms with Crippen molar-refractivity contribution in [1.82, 2.24) is 4.98 Å². The number of halogens is 1. The Morgan fingerprint density at radius 3 is 2.85 bits per heavy atom. The number of aromatic nitrogens is 1. The second-order valence-electron chi connectivity index (χ2n) is 5.69. The van der Waals surface area contributed by atoms with Gasteiger partial charge >= 0.3 is 5.97 Å². The van der Waals surface area contributed by atoms with Crippen molar-refractivity contribution in [2.24, 2.45) is 0 Å². The van der Waals surface area contributed by atoms with Crippen LogP contribution in [0.25, 0.3) is 0 Å². The molecule has 0 aliphatic heterocycles. The fourth-order valence-electron chi connectivity index (χ4n) is 2.50. The second-order valence-corrected chi connectivity index (χ2v) is 8.61. The minimum atomic E-state index is -3.81. The van der Waals surface area contributed by atoms with Gasteiger partial charge in [0.1, 0.15) is 0 Å². The van der Waals surface area contributed by atoms with Gasteiger partial charge in [-0.2, -0.15) is 0 Å². The zero-order chi connectivity index (χ0) is 19.6. The third kappa shape index (κ3) is 4.32. The Morgan fingerprint density at radius 2 is 2.11 bits per heavy atom. The average molecular weight is 427 g/mol. The van der Waals surface area contributed by atoms with Crippen LogP contribution in [0.15, 0.2) is 45.2 Å². The molecule has 0 amide bonds. The van der Waals surface area contributed by atoms with Crippen LogP contribution in [0.2, 0.25) is 5.02 Å². The summed E-state index contributed by atoms with van der Waals surface area (Å²) in [6.45, 7) is 1.63. The smallest absolute Gasteiger partial charge is 0.372 e. The highest BCUT2D eigenvalue weighted by Crippen LogP contribution is 2.26. The molecule has 2 N–H and O–H groups in total. The van der Waals surface area contributed by atoms with E-state index in [4.69, 9.17) is 21.1 Å². The summed E-state index contributed by atoms with van der Waals surface area (Å²) in [4.78, 5) is 15.4. The molecule has 0 saturated heterocycles. The van der Waals surface area contributed by atoms with Gasteiger partial charge in [0, 0.05) is 16.0 Å². The first-order valence-corrected chi connectivity index (χ1v) is 10.5. The molecule has 3 rings (SSSR count). The standard InChI is InChI=1S/C17H15ClN2O5S2/c1-10-13(18)3-2-4-14(10)27(23,24)20-17-19-12(9-26-17)6-5-11-7-8-25-15(11)16(21)22/h2-4,7-9H,5-6H2,1H3,(H,19,20)(H,21,22). The van der Waals surface area contributed by atoms with Crippen molar-refractivity contribution in [2.45, 2.75) is 24.7 Å². The number of sulfonamides is 1. The van der Waals surface area contributed by atoms with Gasteiger partial charge in [-0.05, 0) is 43.5 Å². The number of carboxylic acids is 1. The quantitative estimate of drug-likeness (QED) is 0.591. The van der Waals surface area contributed by atoms with Crippen LogP contribution in [0, 0.1) is 6.92 Å². The van der Waals surface area contributed by atoms with Gasteiger partial charge in [-0.1, -0.05) is 17.7 Å². The summed E-state index contributed by atoms with van der Waals surface area (Å²) in [7, 11) is -3.81. The van der Waals surface area contributed by atoms with E-state index in [0.29, 0.717) is 34.7 Å². The van der Waals surface area contributed by atoms with Gasteiger partial charge in [-0.3, -0.25) is 4.72 Å². The van der Waals surface area contributed by atoms with Gasteiger partial charge < -0.3 is 9.52 Å². The maximum absolute atomic E-state index is 12.6. The van der Waals surface area contributed by atoms with E-state index in [9.17, 15) is 13.2 Å². The molecule has 0 unspecified atom stereocenters. The lowest BCUT2D eigenvalue weighted by molar-refractivity contribution is 0.0660. The zero-order valence-corrected chi connectivity index (χ0v) is 16.5. The normalized spacial score (nSPS) is 11.5. The number of aryl methyl sites for hydroxylation is 2.